The van der Waals surface area contributed by atoms with Crippen molar-refractivity contribution in [1.82, 2.24) is 9.97 Å². The molecular formula is C15H12FN3S. The highest BCUT2D eigenvalue weighted by atomic mass is 32.2. The summed E-state index contributed by atoms with van der Waals surface area (Å²) in [7, 11) is 0. The van der Waals surface area contributed by atoms with E-state index < -0.39 is 0 Å². The van der Waals surface area contributed by atoms with Gasteiger partial charge in [0.15, 0.2) is 0 Å². The van der Waals surface area contributed by atoms with Crippen LogP contribution in [0.3, 0.4) is 0 Å². The number of aromatic nitrogens is 2. The lowest BCUT2D eigenvalue weighted by atomic mass is 10.2. The smallest absolute Gasteiger partial charge is 0.141 e. The Kier molecular flexibility index (Phi) is 3.52. The third-order valence-electron chi connectivity index (χ3n) is 2.87. The van der Waals surface area contributed by atoms with E-state index in [2.05, 4.69) is 9.97 Å². The molecule has 0 saturated heterocycles. The van der Waals surface area contributed by atoms with E-state index in [0.717, 1.165) is 10.9 Å². The maximum atomic E-state index is 13.5. The molecule has 3 nitrogen and oxygen atoms in total. The molecule has 3 rings (SSSR count). The Labute approximate surface area is 120 Å². The number of thioether (sulfide) groups is 1. The molecule has 1 aromatic heterocycles. The van der Waals surface area contributed by atoms with Crippen molar-refractivity contribution in [3.63, 3.8) is 0 Å². The fourth-order valence-electron chi connectivity index (χ4n) is 1.92. The first-order valence-corrected chi connectivity index (χ1v) is 7.11. The number of nitrogens with two attached hydrogens (primary N) is 1. The van der Waals surface area contributed by atoms with Crippen molar-refractivity contribution in [2.75, 3.05) is 5.73 Å². The highest BCUT2D eigenvalue weighted by Crippen LogP contribution is 2.25. The lowest BCUT2D eigenvalue weighted by Crippen LogP contribution is -2.00. The third-order valence-corrected chi connectivity index (χ3v) is 3.92. The SMILES string of the molecule is Nc1nc(CSc2ccccc2F)nc2ccccc12. The Morgan fingerprint density at radius 2 is 1.75 bits per heavy atom. The number of anilines is 1. The fraction of sp³-hybridized carbons (Fsp3) is 0.0667. The quantitative estimate of drug-likeness (QED) is 0.746. The molecule has 0 saturated carbocycles. The topological polar surface area (TPSA) is 51.8 Å². The minimum absolute atomic E-state index is 0.230. The van der Waals surface area contributed by atoms with E-state index in [4.69, 9.17) is 5.73 Å². The standard InChI is InChI=1S/C15H12FN3S/c16-11-6-2-4-8-13(11)20-9-14-18-12-7-3-1-5-10(12)15(17)19-14/h1-8H,9H2,(H2,17,18,19). The molecule has 2 aromatic carbocycles. The molecule has 3 aromatic rings. The number of fused-ring (bicyclic) bond motifs is 1. The van der Waals surface area contributed by atoms with Gasteiger partial charge in [0.25, 0.3) is 0 Å². The van der Waals surface area contributed by atoms with E-state index in [1.54, 1.807) is 18.2 Å². The second kappa shape index (κ2) is 5.46. The summed E-state index contributed by atoms with van der Waals surface area (Å²) in [6, 6.07) is 14.2. The number of rotatable bonds is 3. The average molecular weight is 285 g/mol. The minimum Gasteiger partial charge on any atom is -0.383 e. The fourth-order valence-corrected chi connectivity index (χ4v) is 2.71. The van der Waals surface area contributed by atoms with Crippen LogP contribution in [0.2, 0.25) is 0 Å². The molecule has 0 aliphatic heterocycles. The van der Waals surface area contributed by atoms with Crippen LogP contribution in [-0.2, 0) is 5.75 Å². The van der Waals surface area contributed by atoms with Crippen molar-refractivity contribution in [2.45, 2.75) is 10.6 Å². The molecule has 2 N–H and O–H groups in total. The van der Waals surface area contributed by atoms with Gasteiger partial charge in [-0.2, -0.15) is 0 Å². The lowest BCUT2D eigenvalue weighted by Gasteiger charge is -2.05. The molecule has 0 radical (unpaired) electrons. The van der Waals surface area contributed by atoms with E-state index in [1.807, 2.05) is 24.3 Å². The van der Waals surface area contributed by atoms with Crippen molar-refractivity contribution in [1.29, 1.82) is 0 Å². The van der Waals surface area contributed by atoms with E-state index in [1.165, 1.54) is 17.8 Å². The van der Waals surface area contributed by atoms with Crippen LogP contribution < -0.4 is 5.73 Å². The summed E-state index contributed by atoms with van der Waals surface area (Å²) in [4.78, 5) is 9.30. The van der Waals surface area contributed by atoms with Crippen LogP contribution in [0.25, 0.3) is 10.9 Å². The van der Waals surface area contributed by atoms with Gasteiger partial charge in [-0.3, -0.25) is 0 Å². The molecule has 5 heteroatoms. The zero-order valence-electron chi connectivity index (χ0n) is 10.6. The molecule has 0 bridgehead atoms. The first kappa shape index (κ1) is 12.9. The third kappa shape index (κ3) is 2.58. The summed E-state index contributed by atoms with van der Waals surface area (Å²) in [6.07, 6.45) is 0. The molecule has 20 heavy (non-hydrogen) atoms. The maximum absolute atomic E-state index is 13.5. The van der Waals surface area contributed by atoms with Gasteiger partial charge < -0.3 is 5.73 Å². The van der Waals surface area contributed by atoms with E-state index in [0.29, 0.717) is 22.3 Å². The molecule has 1 heterocycles. The van der Waals surface area contributed by atoms with Crippen molar-refractivity contribution in [2.24, 2.45) is 0 Å². The van der Waals surface area contributed by atoms with Gasteiger partial charge in [0.05, 0.1) is 11.3 Å². The number of benzene rings is 2. The van der Waals surface area contributed by atoms with Gasteiger partial charge in [0.1, 0.15) is 17.5 Å². The Hall–Kier alpha value is -2.14. The van der Waals surface area contributed by atoms with Crippen LogP contribution in [0.5, 0.6) is 0 Å². The molecule has 100 valence electrons. The van der Waals surface area contributed by atoms with E-state index >= 15 is 0 Å². The number of halogens is 1. The van der Waals surface area contributed by atoms with Crippen molar-refractivity contribution in [3.05, 3.63) is 60.2 Å². The van der Waals surface area contributed by atoms with Crippen LogP contribution in [-0.4, -0.2) is 9.97 Å². The first-order chi connectivity index (χ1) is 9.74. The van der Waals surface area contributed by atoms with Crippen LogP contribution in [0.1, 0.15) is 5.82 Å². The number of nitrogens with zero attached hydrogens (tertiary/aromatic N) is 2. The zero-order valence-corrected chi connectivity index (χ0v) is 11.4. The number of para-hydroxylation sites is 1. The van der Waals surface area contributed by atoms with Crippen molar-refractivity contribution < 1.29 is 4.39 Å². The largest absolute Gasteiger partial charge is 0.383 e. The van der Waals surface area contributed by atoms with Gasteiger partial charge in [-0.15, -0.1) is 11.8 Å². The lowest BCUT2D eigenvalue weighted by molar-refractivity contribution is 0.602. The van der Waals surface area contributed by atoms with Gasteiger partial charge in [-0.05, 0) is 24.3 Å². The summed E-state index contributed by atoms with van der Waals surface area (Å²) in [5.74, 6) is 1.32. The predicted molar refractivity (Wildman–Crippen MR) is 79.9 cm³/mol. The summed E-state index contributed by atoms with van der Waals surface area (Å²) in [6.45, 7) is 0. The molecule has 0 atom stereocenters. The zero-order chi connectivity index (χ0) is 13.9. The second-order valence-electron chi connectivity index (χ2n) is 4.26. The van der Waals surface area contributed by atoms with Gasteiger partial charge >= 0.3 is 0 Å². The van der Waals surface area contributed by atoms with Crippen LogP contribution in [0.15, 0.2) is 53.4 Å². The van der Waals surface area contributed by atoms with E-state index in [-0.39, 0.29) is 5.82 Å². The summed E-state index contributed by atoms with van der Waals surface area (Å²) in [5, 5.41) is 0.840. The molecular weight excluding hydrogens is 273 g/mol. The Balaban J connectivity index is 1.86. The molecule has 0 fully saturated rings. The van der Waals surface area contributed by atoms with Gasteiger partial charge in [0.2, 0.25) is 0 Å². The Morgan fingerprint density at radius 1 is 1.00 bits per heavy atom. The molecule has 0 unspecified atom stereocenters. The molecule has 0 spiro atoms. The maximum Gasteiger partial charge on any atom is 0.141 e. The monoisotopic (exact) mass is 285 g/mol. The first-order valence-electron chi connectivity index (χ1n) is 6.12. The van der Waals surface area contributed by atoms with Gasteiger partial charge in [-0.1, -0.05) is 24.3 Å². The van der Waals surface area contributed by atoms with Crippen LogP contribution in [0, 0.1) is 5.82 Å². The highest BCUT2D eigenvalue weighted by molar-refractivity contribution is 7.98. The number of hydrogen-bond acceptors (Lipinski definition) is 4. The van der Waals surface area contributed by atoms with Gasteiger partial charge in [0, 0.05) is 10.3 Å². The second-order valence-corrected chi connectivity index (χ2v) is 5.28. The summed E-state index contributed by atoms with van der Waals surface area (Å²) in [5.41, 5.74) is 6.73. The molecule has 0 aliphatic carbocycles. The minimum atomic E-state index is -0.230. The highest BCUT2D eigenvalue weighted by Gasteiger charge is 2.07. The Bertz CT molecular complexity index is 761. The molecule has 0 amide bonds. The normalized spacial score (nSPS) is 10.8. The summed E-state index contributed by atoms with van der Waals surface area (Å²) >= 11 is 1.36. The Morgan fingerprint density at radius 3 is 2.60 bits per heavy atom. The van der Waals surface area contributed by atoms with Crippen LogP contribution in [0.4, 0.5) is 10.2 Å². The number of hydrogen-bond donors (Lipinski definition) is 1. The number of nitrogen functional groups attached to an aromatic ring is 1. The van der Waals surface area contributed by atoms with E-state index in [9.17, 15) is 4.39 Å². The average Bonchev–Trinajstić information content (AvgIpc) is 2.46. The summed E-state index contributed by atoms with van der Waals surface area (Å²) < 4.78 is 13.5. The van der Waals surface area contributed by atoms with Crippen molar-refractivity contribution in [3.8, 4) is 0 Å². The van der Waals surface area contributed by atoms with Gasteiger partial charge in [-0.25, -0.2) is 14.4 Å². The van der Waals surface area contributed by atoms with Crippen LogP contribution >= 0.6 is 11.8 Å². The predicted octanol–water partition coefficient (Wildman–Crippen LogP) is 3.64. The van der Waals surface area contributed by atoms with Crippen molar-refractivity contribution >= 4 is 28.5 Å². The molecule has 0 aliphatic rings.